The van der Waals surface area contributed by atoms with Crippen LogP contribution in [-0.2, 0) is 11.2 Å². The predicted octanol–water partition coefficient (Wildman–Crippen LogP) is 3.36. The molecule has 0 saturated carbocycles. The number of carbonyl (C=O) groups excluding carboxylic acids is 1. The molecule has 1 aromatic carbocycles. The molecule has 0 aliphatic carbocycles. The Labute approximate surface area is 143 Å². The zero-order valence-corrected chi connectivity index (χ0v) is 14.2. The summed E-state index contributed by atoms with van der Waals surface area (Å²) < 4.78 is 0. The number of hydrogen-bond donors (Lipinski definition) is 1. The third-order valence-electron chi connectivity index (χ3n) is 4.89. The van der Waals surface area contributed by atoms with Crippen LogP contribution in [0.15, 0.2) is 54.9 Å². The first-order valence-corrected chi connectivity index (χ1v) is 8.71. The first-order chi connectivity index (χ1) is 11.7. The zero-order chi connectivity index (χ0) is 16.8. The molecule has 1 aliphatic rings. The Morgan fingerprint density at radius 2 is 1.83 bits per heavy atom. The van der Waals surface area contributed by atoms with Gasteiger partial charge in [-0.2, -0.15) is 0 Å². The van der Waals surface area contributed by atoms with Crippen molar-refractivity contribution in [2.45, 2.75) is 32.2 Å². The third-order valence-corrected chi connectivity index (χ3v) is 4.89. The maximum absolute atomic E-state index is 12.4. The Morgan fingerprint density at radius 3 is 2.50 bits per heavy atom. The maximum Gasteiger partial charge on any atom is 0.241 e. The van der Waals surface area contributed by atoms with Crippen molar-refractivity contribution in [3.8, 4) is 0 Å². The number of carbonyl (C=O) groups is 1. The van der Waals surface area contributed by atoms with Gasteiger partial charge in [-0.15, -0.1) is 0 Å². The highest BCUT2D eigenvalue weighted by atomic mass is 16.2. The normalized spacial score (nSPS) is 17.4. The van der Waals surface area contributed by atoms with Crippen LogP contribution in [0.3, 0.4) is 0 Å². The Bertz CT molecular complexity index is 636. The molecule has 1 aromatic heterocycles. The minimum absolute atomic E-state index is 0.0581. The van der Waals surface area contributed by atoms with Gasteiger partial charge >= 0.3 is 0 Å². The van der Waals surface area contributed by atoms with E-state index in [0.29, 0.717) is 0 Å². The van der Waals surface area contributed by atoms with Crippen molar-refractivity contribution in [2.75, 3.05) is 18.4 Å². The largest absolute Gasteiger partial charge is 0.325 e. The van der Waals surface area contributed by atoms with Gasteiger partial charge in [0.15, 0.2) is 0 Å². The van der Waals surface area contributed by atoms with Gasteiger partial charge in [-0.1, -0.05) is 30.3 Å². The summed E-state index contributed by atoms with van der Waals surface area (Å²) in [7, 11) is 0. The summed E-state index contributed by atoms with van der Waals surface area (Å²) in [6.07, 6.45) is 6.83. The fourth-order valence-corrected chi connectivity index (χ4v) is 3.34. The molecule has 0 radical (unpaired) electrons. The zero-order valence-electron chi connectivity index (χ0n) is 14.2. The molecular formula is C20H25N3O. The maximum atomic E-state index is 12.4. The number of anilines is 1. The molecule has 1 N–H and O–H groups in total. The molecule has 0 bridgehead atoms. The van der Waals surface area contributed by atoms with Gasteiger partial charge in [0.2, 0.25) is 5.91 Å². The van der Waals surface area contributed by atoms with E-state index in [-0.39, 0.29) is 11.9 Å². The molecule has 4 heteroatoms. The molecule has 1 unspecified atom stereocenters. The molecule has 1 saturated heterocycles. The van der Waals surface area contributed by atoms with Crippen molar-refractivity contribution >= 4 is 11.6 Å². The molecule has 1 aliphatic heterocycles. The molecule has 2 heterocycles. The van der Waals surface area contributed by atoms with E-state index in [2.05, 4.69) is 45.5 Å². The monoisotopic (exact) mass is 323 g/mol. The lowest BCUT2D eigenvalue weighted by atomic mass is 9.89. The lowest BCUT2D eigenvalue weighted by molar-refractivity contribution is -0.121. The van der Waals surface area contributed by atoms with E-state index in [1.165, 1.54) is 5.56 Å². The minimum Gasteiger partial charge on any atom is -0.325 e. The van der Waals surface area contributed by atoms with Gasteiger partial charge in [-0.25, -0.2) is 0 Å². The van der Waals surface area contributed by atoms with Crippen LogP contribution in [0.1, 0.15) is 25.3 Å². The average molecular weight is 323 g/mol. The smallest absolute Gasteiger partial charge is 0.241 e. The van der Waals surface area contributed by atoms with E-state index in [9.17, 15) is 4.79 Å². The Kier molecular flexibility index (Phi) is 5.59. The first kappa shape index (κ1) is 16.7. The Balaban J connectivity index is 1.48. The van der Waals surface area contributed by atoms with Crippen molar-refractivity contribution in [1.82, 2.24) is 9.88 Å². The molecule has 0 spiro atoms. The molecule has 3 rings (SSSR count). The first-order valence-electron chi connectivity index (χ1n) is 8.71. The molecule has 2 aromatic rings. The summed E-state index contributed by atoms with van der Waals surface area (Å²) in [5, 5.41) is 2.97. The van der Waals surface area contributed by atoms with Crippen LogP contribution in [0, 0.1) is 5.92 Å². The number of rotatable bonds is 5. The standard InChI is InChI=1S/C20H25N3O/c1-16(20(24)22-19-7-11-21-12-8-19)23-13-9-18(10-14-23)15-17-5-3-2-4-6-17/h2-8,11-12,16,18H,9-10,13-15H2,1H3,(H,21,22,24). The quantitative estimate of drug-likeness (QED) is 0.917. The lowest BCUT2D eigenvalue weighted by Gasteiger charge is -2.35. The van der Waals surface area contributed by atoms with E-state index >= 15 is 0 Å². The predicted molar refractivity (Wildman–Crippen MR) is 96.8 cm³/mol. The van der Waals surface area contributed by atoms with Crippen LogP contribution < -0.4 is 5.32 Å². The molecule has 1 atom stereocenters. The van der Waals surface area contributed by atoms with Crippen LogP contribution in [0.4, 0.5) is 5.69 Å². The summed E-state index contributed by atoms with van der Waals surface area (Å²) in [6.45, 7) is 3.97. The van der Waals surface area contributed by atoms with E-state index in [0.717, 1.165) is 44.0 Å². The number of pyridine rings is 1. The van der Waals surface area contributed by atoms with Crippen LogP contribution in [0.2, 0.25) is 0 Å². The van der Waals surface area contributed by atoms with Gasteiger partial charge in [-0.05, 0) is 62.9 Å². The number of nitrogens with one attached hydrogen (secondary N) is 1. The molecule has 1 fully saturated rings. The fourth-order valence-electron chi connectivity index (χ4n) is 3.34. The summed E-state index contributed by atoms with van der Waals surface area (Å²) >= 11 is 0. The number of nitrogens with zero attached hydrogens (tertiary/aromatic N) is 2. The van der Waals surface area contributed by atoms with Gasteiger partial charge in [0, 0.05) is 18.1 Å². The van der Waals surface area contributed by atoms with E-state index in [1.807, 2.05) is 19.1 Å². The van der Waals surface area contributed by atoms with Gasteiger partial charge in [0.1, 0.15) is 0 Å². The van der Waals surface area contributed by atoms with Crippen LogP contribution in [-0.4, -0.2) is 34.9 Å². The van der Waals surface area contributed by atoms with Gasteiger partial charge in [0.05, 0.1) is 6.04 Å². The van der Waals surface area contributed by atoms with Crippen LogP contribution in [0.5, 0.6) is 0 Å². The van der Waals surface area contributed by atoms with Crippen molar-refractivity contribution < 1.29 is 4.79 Å². The topological polar surface area (TPSA) is 45.2 Å². The summed E-state index contributed by atoms with van der Waals surface area (Å²) in [5.74, 6) is 0.779. The minimum atomic E-state index is -0.101. The number of aromatic nitrogens is 1. The number of amides is 1. The van der Waals surface area contributed by atoms with Gasteiger partial charge in [-0.3, -0.25) is 14.7 Å². The summed E-state index contributed by atoms with van der Waals surface area (Å²) in [4.78, 5) is 18.7. The average Bonchev–Trinajstić information content (AvgIpc) is 2.63. The van der Waals surface area contributed by atoms with E-state index in [4.69, 9.17) is 0 Å². The van der Waals surface area contributed by atoms with Crippen molar-refractivity contribution in [3.63, 3.8) is 0 Å². The van der Waals surface area contributed by atoms with Crippen LogP contribution in [0.25, 0.3) is 0 Å². The van der Waals surface area contributed by atoms with Crippen LogP contribution >= 0.6 is 0 Å². The van der Waals surface area contributed by atoms with E-state index < -0.39 is 0 Å². The second kappa shape index (κ2) is 8.06. The highest BCUT2D eigenvalue weighted by Crippen LogP contribution is 2.23. The molecule has 126 valence electrons. The SMILES string of the molecule is CC(C(=O)Nc1ccncc1)N1CCC(Cc2ccccc2)CC1. The fraction of sp³-hybridized carbons (Fsp3) is 0.400. The molecular weight excluding hydrogens is 298 g/mol. The molecule has 4 nitrogen and oxygen atoms in total. The molecule has 24 heavy (non-hydrogen) atoms. The molecule has 1 amide bonds. The van der Waals surface area contributed by atoms with Crippen molar-refractivity contribution in [3.05, 3.63) is 60.4 Å². The number of benzene rings is 1. The highest BCUT2D eigenvalue weighted by Gasteiger charge is 2.26. The Hall–Kier alpha value is -2.20. The van der Waals surface area contributed by atoms with Gasteiger partial charge in [0.25, 0.3) is 0 Å². The Morgan fingerprint density at radius 1 is 1.17 bits per heavy atom. The number of likely N-dealkylation sites (tertiary alicyclic amines) is 1. The third kappa shape index (κ3) is 4.42. The lowest BCUT2D eigenvalue weighted by Crippen LogP contribution is -2.46. The van der Waals surface area contributed by atoms with Crippen molar-refractivity contribution in [1.29, 1.82) is 0 Å². The number of hydrogen-bond acceptors (Lipinski definition) is 3. The number of piperidine rings is 1. The summed E-state index contributed by atoms with van der Waals surface area (Å²) in [5.41, 5.74) is 2.22. The highest BCUT2D eigenvalue weighted by molar-refractivity contribution is 5.94. The van der Waals surface area contributed by atoms with Crippen molar-refractivity contribution in [2.24, 2.45) is 5.92 Å². The second-order valence-corrected chi connectivity index (χ2v) is 6.57. The van der Waals surface area contributed by atoms with E-state index in [1.54, 1.807) is 12.4 Å². The summed E-state index contributed by atoms with van der Waals surface area (Å²) in [6, 6.07) is 14.2. The van der Waals surface area contributed by atoms with Gasteiger partial charge < -0.3 is 5.32 Å². The second-order valence-electron chi connectivity index (χ2n) is 6.57.